The van der Waals surface area contributed by atoms with Crippen LogP contribution in [0.5, 0.6) is 0 Å². The molecule has 0 N–H and O–H groups in total. The molecule has 0 saturated carbocycles. The Morgan fingerprint density at radius 3 is 1.80 bits per heavy atom. The molecule has 1 radical (unpaired) electrons. The lowest BCUT2D eigenvalue weighted by Crippen LogP contribution is -2.39. The van der Waals surface area contributed by atoms with E-state index in [-0.39, 0.29) is 13.2 Å². The van der Waals surface area contributed by atoms with E-state index in [0.29, 0.717) is 0 Å². The van der Waals surface area contributed by atoms with E-state index in [9.17, 15) is 9.59 Å². The second-order valence-electron chi connectivity index (χ2n) is 2.71. The SMILES string of the molecule is CCOC(=O)C1O[CH]OC1C(=O)OCC. The van der Waals surface area contributed by atoms with E-state index >= 15 is 0 Å². The van der Waals surface area contributed by atoms with Gasteiger partial charge in [0, 0.05) is 0 Å². The zero-order chi connectivity index (χ0) is 11.3. The van der Waals surface area contributed by atoms with E-state index in [1.807, 2.05) is 0 Å². The minimum Gasteiger partial charge on any atom is -0.464 e. The third-order valence-corrected chi connectivity index (χ3v) is 1.72. The molecule has 6 heteroatoms. The van der Waals surface area contributed by atoms with Crippen LogP contribution in [-0.4, -0.2) is 37.4 Å². The summed E-state index contributed by atoms with van der Waals surface area (Å²) in [7, 11) is 0. The largest absolute Gasteiger partial charge is 0.464 e. The van der Waals surface area contributed by atoms with E-state index in [1.165, 1.54) is 0 Å². The van der Waals surface area contributed by atoms with Gasteiger partial charge >= 0.3 is 11.9 Å². The lowest BCUT2D eigenvalue weighted by molar-refractivity contribution is -0.163. The summed E-state index contributed by atoms with van der Waals surface area (Å²) in [6, 6.07) is 0. The number of rotatable bonds is 4. The first-order chi connectivity index (χ1) is 7.20. The average Bonchev–Trinajstić information content (AvgIpc) is 2.66. The second kappa shape index (κ2) is 5.67. The molecule has 15 heavy (non-hydrogen) atoms. The maximum Gasteiger partial charge on any atom is 0.338 e. The maximum absolute atomic E-state index is 11.3. The topological polar surface area (TPSA) is 71.1 Å². The first kappa shape index (κ1) is 11.9. The van der Waals surface area contributed by atoms with Gasteiger partial charge in [-0.05, 0) is 13.8 Å². The molecule has 1 rings (SSSR count). The number of ether oxygens (including phenoxy) is 4. The Hall–Kier alpha value is -1.14. The van der Waals surface area contributed by atoms with Gasteiger partial charge in [0.25, 0.3) is 0 Å². The fraction of sp³-hybridized carbons (Fsp3) is 0.667. The molecular formula is C9H13O6. The van der Waals surface area contributed by atoms with Gasteiger partial charge in [-0.2, -0.15) is 0 Å². The van der Waals surface area contributed by atoms with Crippen molar-refractivity contribution in [2.45, 2.75) is 26.1 Å². The van der Waals surface area contributed by atoms with Gasteiger partial charge in [0.05, 0.1) is 13.2 Å². The first-order valence-electron chi connectivity index (χ1n) is 4.66. The summed E-state index contributed by atoms with van der Waals surface area (Å²) in [4.78, 5) is 22.6. The molecule has 0 aromatic carbocycles. The van der Waals surface area contributed by atoms with Crippen LogP contribution < -0.4 is 0 Å². The molecule has 1 aliphatic heterocycles. The molecule has 0 bridgehead atoms. The van der Waals surface area contributed by atoms with Crippen LogP contribution in [0.15, 0.2) is 0 Å². The Morgan fingerprint density at radius 1 is 1.07 bits per heavy atom. The average molecular weight is 217 g/mol. The molecule has 1 saturated heterocycles. The minimum atomic E-state index is -1.07. The van der Waals surface area contributed by atoms with Crippen LogP contribution in [0.4, 0.5) is 0 Å². The number of carbonyl (C=O) groups is 2. The summed E-state index contributed by atoms with van der Waals surface area (Å²) in [5, 5.41) is 0. The second-order valence-corrected chi connectivity index (χ2v) is 2.71. The van der Waals surface area contributed by atoms with Gasteiger partial charge in [-0.25, -0.2) is 9.59 Å². The fourth-order valence-electron chi connectivity index (χ4n) is 1.10. The highest BCUT2D eigenvalue weighted by Gasteiger charge is 2.42. The highest BCUT2D eigenvalue weighted by atomic mass is 16.7. The fourth-order valence-corrected chi connectivity index (χ4v) is 1.10. The van der Waals surface area contributed by atoms with Crippen molar-refractivity contribution in [2.75, 3.05) is 13.2 Å². The van der Waals surface area contributed by atoms with E-state index in [2.05, 4.69) is 0 Å². The molecule has 85 valence electrons. The lowest BCUT2D eigenvalue weighted by Gasteiger charge is -2.13. The van der Waals surface area contributed by atoms with Gasteiger partial charge < -0.3 is 18.9 Å². The summed E-state index contributed by atoms with van der Waals surface area (Å²) in [5.41, 5.74) is 0. The molecule has 0 aliphatic carbocycles. The third-order valence-electron chi connectivity index (χ3n) is 1.72. The molecule has 2 atom stereocenters. The predicted molar refractivity (Wildman–Crippen MR) is 47.3 cm³/mol. The van der Waals surface area contributed by atoms with Gasteiger partial charge in [0.1, 0.15) is 0 Å². The summed E-state index contributed by atoms with van der Waals surface area (Å²) in [6.07, 6.45) is -2.13. The molecule has 0 spiro atoms. The van der Waals surface area contributed by atoms with Crippen LogP contribution in [0.2, 0.25) is 0 Å². The zero-order valence-corrected chi connectivity index (χ0v) is 8.60. The molecule has 0 aromatic rings. The van der Waals surface area contributed by atoms with Crippen LogP contribution in [0.1, 0.15) is 13.8 Å². The Bertz CT molecular complexity index is 215. The molecule has 1 fully saturated rings. The standard InChI is InChI=1S/C9H13O6/c1-3-12-8(10)6-7(15-5-14-6)9(11)13-4-2/h5-7H,3-4H2,1-2H3. The first-order valence-corrected chi connectivity index (χ1v) is 4.66. The van der Waals surface area contributed by atoms with Crippen LogP contribution in [-0.2, 0) is 28.5 Å². The normalized spacial score (nSPS) is 24.9. The Balaban J connectivity index is 2.56. The maximum atomic E-state index is 11.3. The molecule has 1 aliphatic rings. The summed E-state index contributed by atoms with van der Waals surface area (Å²) in [5.74, 6) is -1.27. The van der Waals surface area contributed by atoms with Crippen molar-refractivity contribution in [3.63, 3.8) is 0 Å². The predicted octanol–water partition coefficient (Wildman–Crippen LogP) is 0.0159. The molecular weight excluding hydrogens is 204 g/mol. The third kappa shape index (κ3) is 2.90. The Labute approximate surface area is 87.4 Å². The molecule has 6 nitrogen and oxygen atoms in total. The van der Waals surface area contributed by atoms with E-state index < -0.39 is 24.1 Å². The lowest BCUT2D eigenvalue weighted by atomic mass is 10.2. The summed E-state index contributed by atoms with van der Waals surface area (Å²) in [6.45, 7) is 4.71. The van der Waals surface area contributed by atoms with Crippen molar-refractivity contribution in [3.05, 3.63) is 6.79 Å². The van der Waals surface area contributed by atoms with Crippen molar-refractivity contribution in [1.29, 1.82) is 0 Å². The van der Waals surface area contributed by atoms with Gasteiger partial charge in [-0.1, -0.05) is 0 Å². The van der Waals surface area contributed by atoms with Gasteiger partial charge in [-0.15, -0.1) is 0 Å². The van der Waals surface area contributed by atoms with E-state index in [1.54, 1.807) is 13.8 Å². The molecule has 0 aromatic heterocycles. The van der Waals surface area contributed by atoms with Crippen molar-refractivity contribution in [3.8, 4) is 0 Å². The Morgan fingerprint density at radius 2 is 1.47 bits per heavy atom. The van der Waals surface area contributed by atoms with E-state index in [0.717, 1.165) is 6.79 Å². The number of hydrogen-bond donors (Lipinski definition) is 0. The summed E-state index contributed by atoms with van der Waals surface area (Å²) < 4.78 is 19.1. The van der Waals surface area contributed by atoms with Crippen molar-refractivity contribution in [1.82, 2.24) is 0 Å². The molecule has 2 unspecified atom stereocenters. The number of carbonyl (C=O) groups excluding carboxylic acids is 2. The van der Waals surface area contributed by atoms with E-state index in [4.69, 9.17) is 18.9 Å². The zero-order valence-electron chi connectivity index (χ0n) is 8.60. The molecule has 0 amide bonds. The van der Waals surface area contributed by atoms with Crippen LogP contribution in [0, 0.1) is 6.79 Å². The van der Waals surface area contributed by atoms with Gasteiger partial charge in [0.2, 0.25) is 6.79 Å². The van der Waals surface area contributed by atoms with Crippen LogP contribution in [0.25, 0.3) is 0 Å². The smallest absolute Gasteiger partial charge is 0.338 e. The Kier molecular flexibility index (Phi) is 4.51. The minimum absolute atomic E-state index is 0.217. The quantitative estimate of drug-likeness (QED) is 0.618. The van der Waals surface area contributed by atoms with Crippen LogP contribution >= 0.6 is 0 Å². The van der Waals surface area contributed by atoms with Crippen LogP contribution in [0.3, 0.4) is 0 Å². The highest BCUT2D eigenvalue weighted by Crippen LogP contribution is 2.18. The van der Waals surface area contributed by atoms with Crippen molar-refractivity contribution >= 4 is 11.9 Å². The monoisotopic (exact) mass is 217 g/mol. The highest BCUT2D eigenvalue weighted by molar-refractivity contribution is 5.86. The van der Waals surface area contributed by atoms with Crippen molar-refractivity contribution < 1.29 is 28.5 Å². The van der Waals surface area contributed by atoms with Gasteiger partial charge in [-0.3, -0.25) is 0 Å². The summed E-state index contributed by atoms with van der Waals surface area (Å²) >= 11 is 0. The number of esters is 2. The molecule has 1 heterocycles. The number of hydrogen-bond acceptors (Lipinski definition) is 6. The van der Waals surface area contributed by atoms with Gasteiger partial charge in [0.15, 0.2) is 12.2 Å². The van der Waals surface area contributed by atoms with Crippen molar-refractivity contribution in [2.24, 2.45) is 0 Å².